The minimum absolute atomic E-state index is 0. The summed E-state index contributed by atoms with van der Waals surface area (Å²) in [6.07, 6.45) is 5.43. The largest absolute Gasteiger partial charge is 0.489 e. The highest BCUT2D eigenvalue weighted by atomic mass is 35.5. The third kappa shape index (κ3) is 6.84. The van der Waals surface area contributed by atoms with Crippen molar-refractivity contribution in [3.05, 3.63) is 101 Å². The van der Waals surface area contributed by atoms with E-state index in [1.165, 1.54) is 24.3 Å². The fourth-order valence-corrected chi connectivity index (χ4v) is 8.47. The smallest absolute Gasteiger partial charge is 0.335 e. The predicted molar refractivity (Wildman–Crippen MR) is 188 cm³/mol. The van der Waals surface area contributed by atoms with Crippen molar-refractivity contribution in [2.45, 2.75) is 51.2 Å². The van der Waals surface area contributed by atoms with Crippen LogP contribution < -0.4 is 9.04 Å². The van der Waals surface area contributed by atoms with E-state index in [4.69, 9.17) is 21.3 Å². The van der Waals surface area contributed by atoms with Gasteiger partial charge in [-0.05, 0) is 90.6 Å². The number of imidazole rings is 1. The van der Waals surface area contributed by atoms with Gasteiger partial charge in [0, 0.05) is 23.7 Å². The van der Waals surface area contributed by atoms with Gasteiger partial charge in [0.2, 0.25) is 10.0 Å². The lowest BCUT2D eigenvalue weighted by Gasteiger charge is -2.26. The lowest BCUT2D eigenvalue weighted by atomic mass is 9.94. The molecule has 2 fully saturated rings. The molecule has 5 aromatic rings. The second kappa shape index (κ2) is 14.0. The number of aromatic carboxylic acids is 1. The Kier molecular flexibility index (Phi) is 9.88. The van der Waals surface area contributed by atoms with E-state index in [9.17, 15) is 18.3 Å². The maximum Gasteiger partial charge on any atom is 0.335 e. The van der Waals surface area contributed by atoms with Crippen LogP contribution in [0.15, 0.2) is 72.8 Å². The minimum Gasteiger partial charge on any atom is -0.489 e. The van der Waals surface area contributed by atoms with E-state index in [0.29, 0.717) is 39.5 Å². The molecule has 0 unspecified atom stereocenters. The monoisotopic (exact) mass is 727 g/mol. The molecule has 4 aromatic carbocycles. The van der Waals surface area contributed by atoms with E-state index in [2.05, 4.69) is 0 Å². The maximum atomic E-state index is 16.0. The van der Waals surface area contributed by atoms with Crippen molar-refractivity contribution in [1.29, 1.82) is 0 Å². The number of hydrogen-bond donors (Lipinski definition) is 1. The lowest BCUT2D eigenvalue weighted by molar-refractivity contribution is 0.0697. The van der Waals surface area contributed by atoms with Crippen molar-refractivity contribution in [2.75, 3.05) is 16.6 Å². The van der Waals surface area contributed by atoms with Gasteiger partial charge >= 0.3 is 5.97 Å². The number of carboxylic acids is 1. The number of ether oxygens (including phenoxy) is 1. The van der Waals surface area contributed by atoms with Gasteiger partial charge in [0.25, 0.3) is 0 Å². The van der Waals surface area contributed by atoms with Crippen LogP contribution in [0.2, 0.25) is 5.02 Å². The first-order chi connectivity index (χ1) is 23.1. The van der Waals surface area contributed by atoms with Crippen molar-refractivity contribution in [1.82, 2.24) is 9.55 Å². The first-order valence-electron chi connectivity index (χ1n) is 15.9. The van der Waals surface area contributed by atoms with Gasteiger partial charge in [-0.1, -0.05) is 43.0 Å². The molecule has 0 spiro atoms. The van der Waals surface area contributed by atoms with Crippen LogP contribution in [0.1, 0.15) is 60.5 Å². The molecule has 2 heterocycles. The van der Waals surface area contributed by atoms with Crippen LogP contribution in [-0.2, 0) is 16.6 Å². The maximum absolute atomic E-state index is 16.0. The fourth-order valence-electron chi connectivity index (χ4n) is 6.78. The molecule has 8 nitrogen and oxygen atoms in total. The van der Waals surface area contributed by atoms with E-state index < -0.39 is 27.6 Å². The molecule has 1 aliphatic carbocycles. The number of anilines is 1. The second-order valence-electron chi connectivity index (χ2n) is 12.2. The third-order valence-corrected chi connectivity index (χ3v) is 11.3. The normalized spacial score (nSPS) is 16.1. The molecule has 1 aromatic heterocycles. The Hall–Kier alpha value is -4.19. The van der Waals surface area contributed by atoms with Crippen molar-refractivity contribution >= 4 is 56.7 Å². The predicted octanol–water partition coefficient (Wildman–Crippen LogP) is 9.05. The number of nitrogens with zero attached hydrogens (tertiary/aromatic N) is 3. The molecule has 13 heteroatoms. The van der Waals surface area contributed by atoms with Gasteiger partial charge < -0.3 is 14.4 Å². The zero-order valence-electron chi connectivity index (χ0n) is 26.2. The average Bonchev–Trinajstić information content (AvgIpc) is 3.63. The van der Waals surface area contributed by atoms with Crippen molar-refractivity contribution in [3.63, 3.8) is 0 Å². The molecular formula is C36H33Cl2F2N3O5S. The summed E-state index contributed by atoms with van der Waals surface area (Å²) < 4.78 is 65.9. The molecule has 0 bridgehead atoms. The molecule has 2 aliphatic rings. The van der Waals surface area contributed by atoms with E-state index in [1.54, 1.807) is 48.5 Å². The lowest BCUT2D eigenvalue weighted by Crippen LogP contribution is -2.26. The molecule has 0 radical (unpaired) electrons. The number of carboxylic acid groups (broad SMARTS) is 1. The molecule has 256 valence electrons. The summed E-state index contributed by atoms with van der Waals surface area (Å²) in [6.45, 7) is 0.0756. The third-order valence-electron chi connectivity index (χ3n) is 9.15. The van der Waals surface area contributed by atoms with Crippen LogP contribution >= 0.6 is 24.0 Å². The number of sulfonamides is 1. The number of halogens is 4. The average molecular weight is 729 g/mol. The Morgan fingerprint density at radius 3 is 2.35 bits per heavy atom. The van der Waals surface area contributed by atoms with Crippen LogP contribution in [0.3, 0.4) is 0 Å². The van der Waals surface area contributed by atoms with Crippen molar-refractivity contribution < 1.29 is 31.8 Å². The summed E-state index contributed by atoms with van der Waals surface area (Å²) in [7, 11) is -3.65. The number of hydrogen-bond acceptors (Lipinski definition) is 5. The zero-order valence-corrected chi connectivity index (χ0v) is 28.6. The van der Waals surface area contributed by atoms with E-state index in [-0.39, 0.29) is 59.9 Å². The highest BCUT2D eigenvalue weighted by molar-refractivity contribution is 7.93. The van der Waals surface area contributed by atoms with Crippen molar-refractivity contribution in [2.24, 2.45) is 0 Å². The van der Waals surface area contributed by atoms with E-state index in [1.807, 2.05) is 4.57 Å². The number of aromatic nitrogens is 2. The highest BCUT2D eigenvalue weighted by Gasteiger charge is 2.31. The van der Waals surface area contributed by atoms with Crippen LogP contribution in [0.4, 0.5) is 14.5 Å². The van der Waals surface area contributed by atoms with Gasteiger partial charge in [0.15, 0.2) is 0 Å². The molecule has 1 saturated heterocycles. The van der Waals surface area contributed by atoms with E-state index in [0.717, 1.165) is 41.9 Å². The van der Waals surface area contributed by atoms with Gasteiger partial charge in [-0.3, -0.25) is 4.31 Å². The topological polar surface area (TPSA) is 102 Å². The summed E-state index contributed by atoms with van der Waals surface area (Å²) in [5, 5.41) is 10.0. The van der Waals surface area contributed by atoms with Gasteiger partial charge in [0.05, 0.1) is 33.6 Å². The summed E-state index contributed by atoms with van der Waals surface area (Å²) in [4.78, 5) is 16.4. The zero-order chi connectivity index (χ0) is 33.6. The summed E-state index contributed by atoms with van der Waals surface area (Å²) in [5.74, 6) is -1.74. The Bertz CT molecular complexity index is 2150. The number of fused-ring (bicyclic) bond motifs is 1. The number of rotatable bonds is 8. The first kappa shape index (κ1) is 34.7. The second-order valence-corrected chi connectivity index (χ2v) is 14.7. The number of carbonyl (C=O) groups is 1. The Morgan fingerprint density at radius 2 is 1.67 bits per heavy atom. The standard InChI is InChI=1S/C36H32ClF2N3O5S.ClH/c37-25-10-7-22(8-11-25)29-20-31(39)34(41-15-4-16-48(41,45)46)18-24(29)21-47-27-12-13-28(30(38)19-27)35-40-32-17-23(36(43)44)9-14-33(32)42(35)26-5-2-1-3-6-26;/h7-14,17-20,26H,1-6,15-16,21H2,(H,43,44);1H. The SMILES string of the molecule is Cl.O=C(O)c1ccc2c(c1)nc(-c1ccc(OCc3cc(N4CCCS4(=O)=O)c(F)cc3-c3ccc(Cl)cc3)cc1F)n2C1CCCCC1. The molecular weight excluding hydrogens is 695 g/mol. The minimum atomic E-state index is -3.65. The summed E-state index contributed by atoms with van der Waals surface area (Å²) in [6, 6.07) is 19.0. The quantitative estimate of drug-likeness (QED) is 0.171. The summed E-state index contributed by atoms with van der Waals surface area (Å²) >= 11 is 6.08. The molecule has 1 saturated carbocycles. The number of benzene rings is 4. The van der Waals surface area contributed by atoms with Gasteiger partial charge in [0.1, 0.15) is 29.8 Å². The summed E-state index contributed by atoms with van der Waals surface area (Å²) in [5.41, 5.74) is 3.19. The Balaban J connectivity index is 0.00000417. The highest BCUT2D eigenvalue weighted by Crippen LogP contribution is 2.39. The fraction of sp³-hybridized carbons (Fsp3) is 0.278. The van der Waals surface area contributed by atoms with Crippen LogP contribution in [0.5, 0.6) is 5.75 Å². The Morgan fingerprint density at radius 1 is 0.918 bits per heavy atom. The molecule has 1 N–H and O–H groups in total. The molecule has 49 heavy (non-hydrogen) atoms. The Labute approximate surface area is 293 Å². The van der Waals surface area contributed by atoms with E-state index >= 15 is 8.78 Å². The molecule has 0 atom stereocenters. The molecule has 7 rings (SSSR count). The molecule has 1 aliphatic heterocycles. The van der Waals surface area contributed by atoms with Crippen LogP contribution in [0, 0.1) is 11.6 Å². The van der Waals surface area contributed by atoms with Crippen molar-refractivity contribution in [3.8, 4) is 28.3 Å². The van der Waals surface area contributed by atoms with Crippen LogP contribution in [0.25, 0.3) is 33.5 Å². The first-order valence-corrected chi connectivity index (χ1v) is 17.8. The van der Waals surface area contributed by atoms with Gasteiger partial charge in [-0.15, -0.1) is 12.4 Å². The molecule has 0 amide bonds. The van der Waals surface area contributed by atoms with Crippen LogP contribution in [-0.4, -0.2) is 41.3 Å². The van der Waals surface area contributed by atoms with Gasteiger partial charge in [-0.25, -0.2) is 27.0 Å². The van der Waals surface area contributed by atoms with Gasteiger partial charge in [-0.2, -0.15) is 0 Å².